The number of benzene rings is 2. The molecule has 11 heteroatoms. The highest BCUT2D eigenvalue weighted by molar-refractivity contribution is 9.10. The molecule has 0 fully saturated rings. The lowest BCUT2D eigenvalue weighted by Gasteiger charge is -2.18. The second-order valence-corrected chi connectivity index (χ2v) is 10.9. The SMILES string of the molecule is CCOC(=O)c1c(NC(=O)C(=O)N/N=C/c2cc(Br)ccc2OC(=O)c2ccccc2)sc2c1CCC(C)C2. The highest BCUT2D eigenvalue weighted by Crippen LogP contribution is 2.40. The van der Waals surface area contributed by atoms with E-state index >= 15 is 0 Å². The van der Waals surface area contributed by atoms with E-state index in [0.29, 0.717) is 38.5 Å². The number of hydrazone groups is 1. The quantitative estimate of drug-likeness (QED) is 0.126. The number of nitrogens with zero attached hydrogens (tertiary/aromatic N) is 1. The molecule has 4 rings (SSSR count). The number of carbonyl (C=O) groups excluding carboxylic acids is 4. The number of halogens is 1. The molecule has 0 saturated carbocycles. The van der Waals surface area contributed by atoms with Gasteiger partial charge in [0.2, 0.25) is 0 Å². The number of esters is 2. The number of fused-ring (bicyclic) bond motifs is 1. The summed E-state index contributed by atoms with van der Waals surface area (Å²) in [6.45, 7) is 4.04. The molecule has 0 spiro atoms. The first-order valence-corrected chi connectivity index (χ1v) is 13.9. The van der Waals surface area contributed by atoms with Crippen LogP contribution in [0, 0.1) is 5.92 Å². The lowest BCUT2D eigenvalue weighted by molar-refractivity contribution is -0.136. The Labute approximate surface area is 237 Å². The van der Waals surface area contributed by atoms with Crippen LogP contribution in [0.1, 0.15) is 57.0 Å². The van der Waals surface area contributed by atoms with Crippen molar-refractivity contribution in [2.24, 2.45) is 11.0 Å². The minimum atomic E-state index is -1.03. The molecular formula is C28H26BrN3O6S. The molecule has 1 aliphatic carbocycles. The summed E-state index contributed by atoms with van der Waals surface area (Å²) in [7, 11) is 0. The van der Waals surface area contributed by atoms with Crippen LogP contribution in [0.2, 0.25) is 0 Å². The van der Waals surface area contributed by atoms with Crippen molar-refractivity contribution in [3.63, 3.8) is 0 Å². The first-order valence-electron chi connectivity index (χ1n) is 12.3. The fourth-order valence-electron chi connectivity index (χ4n) is 4.08. The Morgan fingerprint density at radius 2 is 1.87 bits per heavy atom. The third-order valence-corrected chi connectivity index (χ3v) is 7.64. The van der Waals surface area contributed by atoms with E-state index in [-0.39, 0.29) is 12.4 Å². The Hall–Kier alpha value is -3.83. The molecule has 0 aliphatic heterocycles. The van der Waals surface area contributed by atoms with Gasteiger partial charge in [0.25, 0.3) is 0 Å². The van der Waals surface area contributed by atoms with Crippen LogP contribution in [0.5, 0.6) is 5.75 Å². The first-order chi connectivity index (χ1) is 18.8. The molecular weight excluding hydrogens is 586 g/mol. The summed E-state index contributed by atoms with van der Waals surface area (Å²) in [5.74, 6) is -2.41. The largest absolute Gasteiger partial charge is 0.462 e. The Morgan fingerprint density at radius 1 is 1.10 bits per heavy atom. The summed E-state index contributed by atoms with van der Waals surface area (Å²) in [6, 6.07) is 13.4. The summed E-state index contributed by atoms with van der Waals surface area (Å²) >= 11 is 4.64. The van der Waals surface area contributed by atoms with Crippen LogP contribution < -0.4 is 15.5 Å². The second kappa shape index (κ2) is 12.8. The van der Waals surface area contributed by atoms with Gasteiger partial charge in [0, 0.05) is 14.9 Å². The van der Waals surface area contributed by atoms with E-state index < -0.39 is 23.8 Å². The number of hydrogen-bond acceptors (Lipinski definition) is 8. The number of thiophene rings is 1. The van der Waals surface area contributed by atoms with Crippen LogP contribution in [0.15, 0.2) is 58.1 Å². The number of ether oxygens (including phenoxy) is 2. The van der Waals surface area contributed by atoms with Gasteiger partial charge in [-0.05, 0) is 68.0 Å². The van der Waals surface area contributed by atoms with E-state index in [0.717, 1.165) is 23.3 Å². The molecule has 1 heterocycles. The van der Waals surface area contributed by atoms with E-state index in [1.165, 1.54) is 17.6 Å². The maximum Gasteiger partial charge on any atom is 0.343 e. The van der Waals surface area contributed by atoms with Gasteiger partial charge in [-0.25, -0.2) is 15.0 Å². The Balaban J connectivity index is 1.45. The molecule has 2 N–H and O–H groups in total. The average Bonchev–Trinajstić information content (AvgIpc) is 3.27. The van der Waals surface area contributed by atoms with Gasteiger partial charge in [0.05, 0.1) is 23.9 Å². The highest BCUT2D eigenvalue weighted by atomic mass is 79.9. The molecule has 0 radical (unpaired) electrons. The smallest absolute Gasteiger partial charge is 0.343 e. The molecule has 1 aromatic heterocycles. The van der Waals surface area contributed by atoms with Crippen molar-refractivity contribution < 1.29 is 28.7 Å². The standard InChI is InChI=1S/C28H26BrN3O6S/c1-3-37-28(36)23-20-11-9-16(2)13-22(20)39-26(23)31-24(33)25(34)32-30-15-18-14-19(29)10-12-21(18)38-27(35)17-7-5-4-6-8-17/h4-8,10,12,14-16H,3,9,11,13H2,1-2H3,(H,31,33)(H,32,34)/b30-15+. The lowest BCUT2D eigenvalue weighted by Crippen LogP contribution is -2.32. The highest BCUT2D eigenvalue weighted by Gasteiger charge is 2.30. The van der Waals surface area contributed by atoms with Crippen molar-refractivity contribution in [3.05, 3.63) is 80.1 Å². The molecule has 39 heavy (non-hydrogen) atoms. The van der Waals surface area contributed by atoms with Crippen LogP contribution in [0.3, 0.4) is 0 Å². The fraction of sp³-hybridized carbons (Fsp3) is 0.250. The van der Waals surface area contributed by atoms with Crippen LogP contribution in [0.25, 0.3) is 0 Å². The zero-order chi connectivity index (χ0) is 27.9. The van der Waals surface area contributed by atoms with Crippen LogP contribution >= 0.6 is 27.3 Å². The fourth-order valence-corrected chi connectivity index (χ4v) is 5.85. The zero-order valence-corrected chi connectivity index (χ0v) is 23.7. The van der Waals surface area contributed by atoms with Gasteiger partial charge in [0.1, 0.15) is 10.8 Å². The summed E-state index contributed by atoms with van der Waals surface area (Å²) in [6.07, 6.45) is 3.69. The van der Waals surface area contributed by atoms with Crippen molar-refractivity contribution >= 4 is 62.2 Å². The average molecular weight is 613 g/mol. The molecule has 0 saturated heterocycles. The normalized spacial score (nSPS) is 14.4. The molecule has 9 nitrogen and oxygen atoms in total. The second-order valence-electron chi connectivity index (χ2n) is 8.87. The maximum absolute atomic E-state index is 12.7. The van der Waals surface area contributed by atoms with Gasteiger partial charge in [-0.2, -0.15) is 5.10 Å². The van der Waals surface area contributed by atoms with Gasteiger partial charge in [-0.3, -0.25) is 9.59 Å². The minimum absolute atomic E-state index is 0.195. The molecule has 2 amide bonds. The van der Waals surface area contributed by atoms with Gasteiger partial charge in [-0.1, -0.05) is 41.1 Å². The van der Waals surface area contributed by atoms with Crippen molar-refractivity contribution in [1.82, 2.24) is 5.43 Å². The number of carbonyl (C=O) groups is 4. The molecule has 202 valence electrons. The van der Waals surface area contributed by atoms with Gasteiger partial charge in [-0.15, -0.1) is 11.3 Å². The number of hydrogen-bond donors (Lipinski definition) is 2. The summed E-state index contributed by atoms with van der Waals surface area (Å²) < 4.78 is 11.4. The Morgan fingerprint density at radius 3 is 2.62 bits per heavy atom. The van der Waals surface area contributed by atoms with Crippen molar-refractivity contribution in [2.75, 3.05) is 11.9 Å². The lowest BCUT2D eigenvalue weighted by atomic mass is 9.88. The molecule has 1 atom stereocenters. The van der Waals surface area contributed by atoms with Gasteiger partial charge >= 0.3 is 23.8 Å². The topological polar surface area (TPSA) is 123 Å². The first kappa shape index (κ1) is 28.2. The Bertz CT molecular complexity index is 1440. The monoisotopic (exact) mass is 611 g/mol. The van der Waals surface area contributed by atoms with Crippen LogP contribution in [-0.4, -0.2) is 36.6 Å². The third-order valence-electron chi connectivity index (χ3n) is 5.98. The number of amides is 2. The van der Waals surface area contributed by atoms with Crippen molar-refractivity contribution in [3.8, 4) is 5.75 Å². The van der Waals surface area contributed by atoms with Crippen molar-refractivity contribution in [2.45, 2.75) is 33.1 Å². The van der Waals surface area contributed by atoms with Crippen LogP contribution in [0.4, 0.5) is 5.00 Å². The van der Waals surface area contributed by atoms with E-state index in [4.69, 9.17) is 9.47 Å². The van der Waals surface area contributed by atoms with Gasteiger partial charge in [0.15, 0.2) is 0 Å². The predicted molar refractivity (Wildman–Crippen MR) is 151 cm³/mol. The van der Waals surface area contributed by atoms with E-state index in [2.05, 4.69) is 38.7 Å². The Kier molecular flexibility index (Phi) is 9.26. The van der Waals surface area contributed by atoms with Gasteiger partial charge < -0.3 is 14.8 Å². The predicted octanol–water partition coefficient (Wildman–Crippen LogP) is 5.12. The summed E-state index contributed by atoms with van der Waals surface area (Å²) in [5.41, 5.74) is 4.12. The van der Waals surface area contributed by atoms with E-state index in [9.17, 15) is 19.2 Å². The number of rotatable bonds is 7. The molecule has 1 aliphatic rings. The maximum atomic E-state index is 12.7. The number of nitrogens with one attached hydrogen (secondary N) is 2. The summed E-state index contributed by atoms with van der Waals surface area (Å²) in [4.78, 5) is 51.3. The molecule has 2 aromatic carbocycles. The number of anilines is 1. The molecule has 3 aromatic rings. The zero-order valence-electron chi connectivity index (χ0n) is 21.3. The summed E-state index contributed by atoms with van der Waals surface area (Å²) in [5, 5.41) is 6.70. The molecule has 0 bridgehead atoms. The van der Waals surface area contributed by atoms with E-state index in [1.54, 1.807) is 55.5 Å². The van der Waals surface area contributed by atoms with E-state index in [1.807, 2.05) is 0 Å². The van der Waals surface area contributed by atoms with Crippen molar-refractivity contribution in [1.29, 1.82) is 0 Å². The third kappa shape index (κ3) is 6.98. The van der Waals surface area contributed by atoms with Crippen LogP contribution in [-0.2, 0) is 27.2 Å². The minimum Gasteiger partial charge on any atom is -0.462 e. The molecule has 1 unspecified atom stereocenters.